The molecule has 0 bridgehead atoms. The van der Waals surface area contributed by atoms with Gasteiger partial charge in [0.05, 0.1) is 24.6 Å². The number of pyridine rings is 1. The van der Waals surface area contributed by atoms with Gasteiger partial charge >= 0.3 is 0 Å². The summed E-state index contributed by atoms with van der Waals surface area (Å²) in [6, 6.07) is 4.42. The van der Waals surface area contributed by atoms with E-state index < -0.39 is 66.8 Å². The normalized spacial score (nSPS) is 14.3. The molecule has 1 saturated heterocycles. The molecule has 10 nitrogen and oxygen atoms in total. The zero-order chi connectivity index (χ0) is 28.6. The fourth-order valence-corrected chi connectivity index (χ4v) is 5.66. The maximum Gasteiger partial charge on any atom is 0.270 e. The Morgan fingerprint density at radius 3 is 2.55 bits per heavy atom. The number of nitrogens with one attached hydrogen (secondary N) is 4. The minimum absolute atomic E-state index is 0.0147. The maximum atomic E-state index is 15.6. The Hall–Kier alpha value is -4.24. The Morgan fingerprint density at radius 2 is 1.82 bits per heavy atom. The van der Waals surface area contributed by atoms with E-state index in [4.69, 9.17) is 4.74 Å². The standard InChI is InChI=1S/C25H22F4N6O4S/c1-39-25-18(10-12(26)11-31-25)40(37,38)35-17-5-4-16(27)19(21(17)29)14-2-3-15-22(20(14)28)33-34-23(15)24(36)32-13-6-8-30-9-7-13/h2-5,10-11,13,30,35H,6-9H2,1H3,(H,32,36)(H,33,34). The zero-order valence-electron chi connectivity index (χ0n) is 20.8. The van der Waals surface area contributed by atoms with Crippen LogP contribution in [0.25, 0.3) is 22.0 Å². The van der Waals surface area contributed by atoms with E-state index in [0.29, 0.717) is 6.07 Å². The number of piperidine rings is 1. The van der Waals surface area contributed by atoms with Crippen LogP contribution in [0.5, 0.6) is 5.88 Å². The Bertz CT molecular complexity index is 1720. The van der Waals surface area contributed by atoms with Crippen LogP contribution in [0.1, 0.15) is 23.3 Å². The molecule has 4 aromatic rings. The Morgan fingerprint density at radius 1 is 1.07 bits per heavy atom. The van der Waals surface area contributed by atoms with Crippen molar-refractivity contribution >= 4 is 32.5 Å². The molecule has 0 atom stereocenters. The highest BCUT2D eigenvalue weighted by Crippen LogP contribution is 2.36. The van der Waals surface area contributed by atoms with Gasteiger partial charge in [0, 0.05) is 23.1 Å². The molecule has 1 aliphatic rings. The lowest BCUT2D eigenvalue weighted by atomic mass is 10.0. The van der Waals surface area contributed by atoms with Gasteiger partial charge < -0.3 is 15.4 Å². The lowest BCUT2D eigenvalue weighted by Crippen LogP contribution is -2.42. The number of amides is 1. The molecule has 15 heteroatoms. The van der Waals surface area contributed by atoms with E-state index in [1.807, 2.05) is 4.72 Å². The molecular formula is C25H22F4N6O4S. The SMILES string of the molecule is COc1ncc(F)cc1S(=O)(=O)Nc1ccc(F)c(-c2ccc3c(C(=O)NC4CCNCC4)[nH]nc3c2F)c1F. The van der Waals surface area contributed by atoms with E-state index in [1.165, 1.54) is 6.07 Å². The number of nitrogens with zero attached hydrogens (tertiary/aromatic N) is 2. The summed E-state index contributed by atoms with van der Waals surface area (Å²) >= 11 is 0. The molecule has 0 saturated carbocycles. The number of hydrogen-bond donors (Lipinski definition) is 4. The van der Waals surface area contributed by atoms with Crippen molar-refractivity contribution in [1.29, 1.82) is 0 Å². The van der Waals surface area contributed by atoms with Crippen LogP contribution in [0, 0.1) is 23.3 Å². The van der Waals surface area contributed by atoms with E-state index in [2.05, 4.69) is 25.8 Å². The molecule has 210 valence electrons. The number of hydrogen-bond acceptors (Lipinski definition) is 7. The number of aromatic amines is 1. The van der Waals surface area contributed by atoms with Gasteiger partial charge in [-0.2, -0.15) is 5.10 Å². The van der Waals surface area contributed by atoms with E-state index in [1.54, 1.807) is 0 Å². The molecule has 1 fully saturated rings. The molecule has 2 aromatic carbocycles. The molecule has 5 rings (SSSR count). The van der Waals surface area contributed by atoms with Gasteiger partial charge in [-0.05, 0) is 44.1 Å². The quantitative estimate of drug-likeness (QED) is 0.247. The molecule has 40 heavy (non-hydrogen) atoms. The van der Waals surface area contributed by atoms with E-state index in [-0.39, 0.29) is 22.6 Å². The van der Waals surface area contributed by atoms with Crippen molar-refractivity contribution in [3.63, 3.8) is 0 Å². The van der Waals surface area contributed by atoms with Gasteiger partial charge in [-0.3, -0.25) is 14.6 Å². The maximum absolute atomic E-state index is 15.6. The number of anilines is 1. The van der Waals surface area contributed by atoms with Crippen molar-refractivity contribution in [2.75, 3.05) is 24.9 Å². The van der Waals surface area contributed by atoms with Crippen molar-refractivity contribution in [2.24, 2.45) is 0 Å². The minimum Gasteiger partial charge on any atom is -0.480 e. The molecule has 0 unspecified atom stereocenters. The number of fused-ring (bicyclic) bond motifs is 1. The fourth-order valence-electron chi connectivity index (χ4n) is 4.47. The van der Waals surface area contributed by atoms with Gasteiger partial charge in [-0.1, -0.05) is 6.07 Å². The summed E-state index contributed by atoms with van der Waals surface area (Å²) in [6.07, 6.45) is 2.17. The number of ether oxygens (including phenoxy) is 1. The molecule has 4 N–H and O–H groups in total. The predicted octanol–water partition coefficient (Wildman–Crippen LogP) is 3.47. The van der Waals surface area contributed by atoms with Gasteiger partial charge in [0.25, 0.3) is 15.9 Å². The van der Waals surface area contributed by atoms with Crippen molar-refractivity contribution in [2.45, 2.75) is 23.8 Å². The number of methoxy groups -OCH3 is 1. The van der Waals surface area contributed by atoms with Gasteiger partial charge in [-0.25, -0.2) is 31.0 Å². The molecule has 0 aliphatic carbocycles. The summed E-state index contributed by atoms with van der Waals surface area (Å²) in [5.41, 5.74) is -2.54. The van der Waals surface area contributed by atoms with Crippen LogP contribution in [-0.4, -0.2) is 55.7 Å². The van der Waals surface area contributed by atoms with E-state index >= 15 is 8.78 Å². The molecule has 1 amide bonds. The summed E-state index contributed by atoms with van der Waals surface area (Å²) < 4.78 is 92.2. The number of aromatic nitrogens is 3. The number of benzene rings is 2. The number of carbonyl (C=O) groups excluding carboxylic acids is 1. The summed E-state index contributed by atoms with van der Waals surface area (Å²) in [7, 11) is -3.57. The lowest BCUT2D eigenvalue weighted by Gasteiger charge is -2.23. The average Bonchev–Trinajstić information content (AvgIpc) is 3.37. The van der Waals surface area contributed by atoms with Crippen molar-refractivity contribution in [3.05, 3.63) is 65.5 Å². The fraction of sp³-hybridized carbons (Fsp3) is 0.240. The second-order valence-corrected chi connectivity index (χ2v) is 10.6. The zero-order valence-corrected chi connectivity index (χ0v) is 21.6. The van der Waals surface area contributed by atoms with Crippen LogP contribution < -0.4 is 20.1 Å². The molecule has 2 aromatic heterocycles. The molecule has 0 spiro atoms. The first-order chi connectivity index (χ1) is 19.1. The van der Waals surface area contributed by atoms with E-state index in [9.17, 15) is 22.0 Å². The first-order valence-electron chi connectivity index (χ1n) is 12.0. The van der Waals surface area contributed by atoms with Crippen LogP contribution in [0.2, 0.25) is 0 Å². The van der Waals surface area contributed by atoms with Crippen LogP contribution in [0.4, 0.5) is 23.2 Å². The Kier molecular flexibility index (Phi) is 7.33. The molecule has 3 heterocycles. The van der Waals surface area contributed by atoms with Crippen molar-refractivity contribution in [3.8, 4) is 17.0 Å². The smallest absolute Gasteiger partial charge is 0.270 e. The molecular weight excluding hydrogens is 556 g/mol. The number of sulfonamides is 1. The summed E-state index contributed by atoms with van der Waals surface area (Å²) in [5, 5.41) is 12.5. The Labute approximate surface area is 225 Å². The highest BCUT2D eigenvalue weighted by molar-refractivity contribution is 7.92. The average molecular weight is 579 g/mol. The van der Waals surface area contributed by atoms with Crippen LogP contribution in [0.3, 0.4) is 0 Å². The predicted molar refractivity (Wildman–Crippen MR) is 136 cm³/mol. The number of H-pyrrole nitrogens is 1. The third-order valence-electron chi connectivity index (χ3n) is 6.44. The van der Waals surface area contributed by atoms with Crippen molar-refractivity contribution in [1.82, 2.24) is 25.8 Å². The summed E-state index contributed by atoms with van der Waals surface area (Å²) in [4.78, 5) is 15.6. The first kappa shape index (κ1) is 27.3. The highest BCUT2D eigenvalue weighted by Gasteiger charge is 2.28. The third-order valence-corrected chi connectivity index (χ3v) is 7.80. The Balaban J connectivity index is 1.50. The second kappa shape index (κ2) is 10.7. The van der Waals surface area contributed by atoms with Gasteiger partial charge in [0.15, 0.2) is 16.5 Å². The number of carbonyl (C=O) groups is 1. The van der Waals surface area contributed by atoms with Crippen LogP contribution in [0.15, 0.2) is 41.4 Å². The number of rotatable bonds is 7. The van der Waals surface area contributed by atoms with Crippen LogP contribution in [-0.2, 0) is 10.0 Å². The first-order valence-corrected chi connectivity index (χ1v) is 13.5. The van der Waals surface area contributed by atoms with Gasteiger partial charge in [0.2, 0.25) is 5.88 Å². The summed E-state index contributed by atoms with van der Waals surface area (Å²) in [6.45, 7) is 1.48. The van der Waals surface area contributed by atoms with E-state index in [0.717, 1.165) is 57.4 Å². The van der Waals surface area contributed by atoms with Crippen LogP contribution >= 0.6 is 0 Å². The highest BCUT2D eigenvalue weighted by atomic mass is 32.2. The largest absolute Gasteiger partial charge is 0.480 e. The minimum atomic E-state index is -4.68. The lowest BCUT2D eigenvalue weighted by molar-refractivity contribution is 0.0926. The third kappa shape index (κ3) is 5.04. The monoisotopic (exact) mass is 578 g/mol. The topological polar surface area (TPSA) is 138 Å². The molecule has 0 radical (unpaired) electrons. The number of halogens is 4. The van der Waals surface area contributed by atoms with Gasteiger partial charge in [0.1, 0.15) is 22.8 Å². The van der Waals surface area contributed by atoms with Crippen molar-refractivity contribution < 1.29 is 35.5 Å². The summed E-state index contributed by atoms with van der Waals surface area (Å²) in [5.74, 6) is -5.74. The van der Waals surface area contributed by atoms with Gasteiger partial charge in [-0.15, -0.1) is 0 Å². The second-order valence-electron chi connectivity index (χ2n) is 8.97. The molecule has 1 aliphatic heterocycles.